The number of phenols is 2. The van der Waals surface area contributed by atoms with E-state index in [-0.39, 0.29) is 22.3 Å². The van der Waals surface area contributed by atoms with Gasteiger partial charge in [0, 0.05) is 34.1 Å². The summed E-state index contributed by atoms with van der Waals surface area (Å²) in [5.41, 5.74) is -0.671. The molecule has 0 saturated heterocycles. The molecule has 4 atom stereocenters. The van der Waals surface area contributed by atoms with Crippen LogP contribution >= 0.6 is 0 Å². The topological polar surface area (TPSA) is 104 Å². The number of aliphatic carboxylic acids is 1. The van der Waals surface area contributed by atoms with Crippen LogP contribution in [0.2, 0.25) is 0 Å². The van der Waals surface area contributed by atoms with Crippen LogP contribution in [0.25, 0.3) is 0 Å². The highest BCUT2D eigenvalue weighted by atomic mass is 19.1. The molecular weight excluding hydrogens is 472 g/mol. The average molecular weight is 494 g/mol. The van der Waals surface area contributed by atoms with Gasteiger partial charge in [0.1, 0.15) is 11.6 Å². The van der Waals surface area contributed by atoms with E-state index in [1.54, 1.807) is 0 Å². The second-order valence-electron chi connectivity index (χ2n) is 9.78. The zero-order valence-electron chi connectivity index (χ0n) is 18.6. The average Bonchev–Trinajstić information content (AvgIpc) is 3.61. The molecule has 0 amide bonds. The first-order valence-electron chi connectivity index (χ1n) is 11.2. The van der Waals surface area contributed by atoms with E-state index in [1.807, 2.05) is 0 Å². The number of methoxy groups -OCH3 is 1. The van der Waals surface area contributed by atoms with Crippen molar-refractivity contribution in [2.24, 2.45) is 11.8 Å². The van der Waals surface area contributed by atoms with Crippen molar-refractivity contribution in [2.45, 2.75) is 49.4 Å². The highest BCUT2D eigenvalue weighted by Crippen LogP contribution is 2.64. The highest BCUT2D eigenvalue weighted by molar-refractivity contribution is 5.80. The Kier molecular flexibility index (Phi) is 5.09. The minimum Gasteiger partial charge on any atom is -0.505 e. The monoisotopic (exact) mass is 494 g/mol. The lowest BCUT2D eigenvalue weighted by Crippen LogP contribution is -2.15. The van der Waals surface area contributed by atoms with Gasteiger partial charge in [-0.15, -0.1) is 0 Å². The van der Waals surface area contributed by atoms with Crippen molar-refractivity contribution in [3.8, 4) is 11.5 Å². The number of carbonyl (C=O) groups excluding carboxylic acids is 1. The molecule has 2 aromatic rings. The Hall–Kier alpha value is -3.30. The second-order valence-corrected chi connectivity index (χ2v) is 9.78. The molecule has 0 aliphatic heterocycles. The van der Waals surface area contributed by atoms with E-state index < -0.39 is 69.4 Å². The lowest BCUT2D eigenvalue weighted by molar-refractivity contribution is -0.142. The van der Waals surface area contributed by atoms with Crippen LogP contribution in [0, 0.1) is 35.1 Å². The molecule has 0 aromatic heterocycles. The molecule has 4 aliphatic carbocycles. The van der Waals surface area contributed by atoms with Gasteiger partial charge in [-0.25, -0.2) is 17.6 Å². The third kappa shape index (κ3) is 3.21. The van der Waals surface area contributed by atoms with Gasteiger partial charge in [0.05, 0.1) is 18.9 Å². The van der Waals surface area contributed by atoms with Crippen LogP contribution < -0.4 is 0 Å². The molecule has 2 saturated carbocycles. The van der Waals surface area contributed by atoms with Crippen LogP contribution in [0.4, 0.5) is 17.6 Å². The Bertz CT molecular complexity index is 1290. The number of hydrogen-bond acceptors (Lipinski definition) is 5. The van der Waals surface area contributed by atoms with Gasteiger partial charge in [-0.3, -0.25) is 9.59 Å². The summed E-state index contributed by atoms with van der Waals surface area (Å²) in [5, 5.41) is 27.6. The van der Waals surface area contributed by atoms with Crippen LogP contribution in [0.1, 0.15) is 47.9 Å². The maximum atomic E-state index is 14.0. The lowest BCUT2D eigenvalue weighted by atomic mass is 9.94. The number of carboxylic acids is 1. The van der Waals surface area contributed by atoms with E-state index in [9.17, 15) is 37.4 Å². The summed E-state index contributed by atoms with van der Waals surface area (Å²) in [7, 11) is 1.28. The predicted molar refractivity (Wildman–Crippen MR) is 112 cm³/mol. The summed E-state index contributed by atoms with van der Waals surface area (Å²) in [5.74, 6) is -6.78. The fourth-order valence-corrected chi connectivity index (χ4v) is 6.26. The molecule has 4 aliphatic rings. The number of rotatable bonds is 2. The Balaban J connectivity index is 0.000000145. The number of fused-ring (bicyclic) bond motifs is 4. The maximum absolute atomic E-state index is 14.0. The normalized spacial score (nSPS) is 28.8. The SMILES string of the molecule is COC(=O)C1CC12CCc1c(F)cc(O)c(F)c12.O=C(O)C1CC12CCc1c(F)cc(O)c(F)c12. The summed E-state index contributed by atoms with van der Waals surface area (Å²) >= 11 is 0. The summed E-state index contributed by atoms with van der Waals surface area (Å²) in [6.07, 6.45) is 2.49. The summed E-state index contributed by atoms with van der Waals surface area (Å²) < 4.78 is 59.7. The van der Waals surface area contributed by atoms with Gasteiger partial charge in [0.15, 0.2) is 23.1 Å². The van der Waals surface area contributed by atoms with Crippen molar-refractivity contribution >= 4 is 11.9 Å². The number of phenolic OH excluding ortho intramolecular Hbond substituents is 2. The van der Waals surface area contributed by atoms with Gasteiger partial charge in [0.25, 0.3) is 0 Å². The Morgan fingerprint density at radius 1 is 0.857 bits per heavy atom. The number of benzene rings is 2. The number of ether oxygens (including phenoxy) is 1. The molecule has 2 aromatic carbocycles. The number of aromatic hydroxyl groups is 2. The first-order chi connectivity index (χ1) is 16.5. The molecule has 3 N–H and O–H groups in total. The van der Waals surface area contributed by atoms with Gasteiger partial charge in [0.2, 0.25) is 0 Å². The van der Waals surface area contributed by atoms with Crippen LogP contribution in [0.15, 0.2) is 12.1 Å². The molecule has 0 radical (unpaired) electrons. The third-order valence-corrected chi connectivity index (χ3v) is 8.17. The van der Waals surface area contributed by atoms with Crippen LogP contribution in [-0.4, -0.2) is 34.4 Å². The van der Waals surface area contributed by atoms with E-state index in [1.165, 1.54) is 7.11 Å². The van der Waals surface area contributed by atoms with E-state index in [0.29, 0.717) is 38.5 Å². The summed E-state index contributed by atoms with van der Waals surface area (Å²) in [6.45, 7) is 0. The fraction of sp³-hybridized carbons (Fsp3) is 0.440. The first kappa shape index (κ1) is 23.4. The molecule has 2 fully saturated rings. The highest BCUT2D eigenvalue weighted by Gasteiger charge is 2.65. The second kappa shape index (κ2) is 7.60. The molecular formula is C25H22F4O6. The first-order valence-corrected chi connectivity index (χ1v) is 11.2. The van der Waals surface area contributed by atoms with Crippen molar-refractivity contribution in [3.63, 3.8) is 0 Å². The Morgan fingerprint density at radius 3 is 1.69 bits per heavy atom. The van der Waals surface area contributed by atoms with E-state index >= 15 is 0 Å². The Morgan fingerprint density at radius 2 is 1.29 bits per heavy atom. The van der Waals surface area contributed by atoms with Gasteiger partial charge >= 0.3 is 11.9 Å². The van der Waals surface area contributed by atoms with Crippen molar-refractivity contribution in [1.82, 2.24) is 0 Å². The largest absolute Gasteiger partial charge is 0.505 e. The van der Waals surface area contributed by atoms with E-state index in [0.717, 1.165) is 12.1 Å². The third-order valence-electron chi connectivity index (χ3n) is 8.17. The molecule has 4 unspecified atom stereocenters. The van der Waals surface area contributed by atoms with E-state index in [4.69, 9.17) is 5.11 Å². The molecule has 35 heavy (non-hydrogen) atoms. The molecule has 6 rings (SSSR count). The standard InChI is InChI=1S/C13H12F2O3.C12H10F2O3/c1-18-12(17)7-5-13(7)3-2-6-8(14)4-9(16)11(15)10(6)13;13-7-3-8(15)10(14)9-5(7)1-2-12(9)4-6(12)11(16)17/h4,7,16H,2-3,5H2,1H3;3,6,15H,1-2,4H2,(H,16,17). The van der Waals surface area contributed by atoms with E-state index in [2.05, 4.69) is 4.74 Å². The number of esters is 1. The smallest absolute Gasteiger partial charge is 0.309 e. The van der Waals surface area contributed by atoms with Gasteiger partial charge in [-0.05, 0) is 49.7 Å². The number of carbonyl (C=O) groups is 2. The quantitative estimate of drug-likeness (QED) is 0.431. The van der Waals surface area contributed by atoms with Gasteiger partial charge in [-0.1, -0.05) is 0 Å². The number of carboxylic acid groups (broad SMARTS) is 1. The zero-order valence-corrected chi connectivity index (χ0v) is 18.6. The molecule has 10 heteroatoms. The number of hydrogen-bond donors (Lipinski definition) is 3. The number of halogens is 4. The maximum Gasteiger partial charge on any atom is 0.309 e. The van der Waals surface area contributed by atoms with Gasteiger partial charge < -0.3 is 20.1 Å². The molecule has 2 spiro atoms. The minimum atomic E-state index is -0.985. The van der Waals surface area contributed by atoms with Crippen molar-refractivity contribution in [1.29, 1.82) is 0 Å². The minimum absolute atomic E-state index is 0.0856. The molecule has 0 heterocycles. The lowest BCUT2D eigenvalue weighted by Gasteiger charge is -2.12. The molecule has 186 valence electrons. The van der Waals surface area contributed by atoms with Crippen molar-refractivity contribution in [2.75, 3.05) is 7.11 Å². The van der Waals surface area contributed by atoms with Gasteiger partial charge in [-0.2, -0.15) is 0 Å². The van der Waals surface area contributed by atoms with Crippen LogP contribution in [-0.2, 0) is 38.0 Å². The fourth-order valence-electron chi connectivity index (χ4n) is 6.26. The summed E-state index contributed by atoms with van der Waals surface area (Å²) in [6, 6.07) is 1.55. The Labute approximate surface area is 197 Å². The van der Waals surface area contributed by atoms with Crippen LogP contribution in [0.3, 0.4) is 0 Å². The zero-order chi connectivity index (χ0) is 25.4. The molecule has 6 nitrogen and oxygen atoms in total. The van der Waals surface area contributed by atoms with Crippen molar-refractivity contribution < 1.29 is 47.2 Å². The summed E-state index contributed by atoms with van der Waals surface area (Å²) in [4.78, 5) is 22.5. The predicted octanol–water partition coefficient (Wildman–Crippen LogP) is 4.01. The van der Waals surface area contributed by atoms with Crippen LogP contribution in [0.5, 0.6) is 11.5 Å². The van der Waals surface area contributed by atoms with Crippen molar-refractivity contribution in [3.05, 3.63) is 57.7 Å². The molecule has 0 bridgehead atoms.